The predicted octanol–water partition coefficient (Wildman–Crippen LogP) is 1.16. The van der Waals surface area contributed by atoms with Gasteiger partial charge < -0.3 is 15.0 Å². The summed E-state index contributed by atoms with van der Waals surface area (Å²) < 4.78 is 31.9. The van der Waals surface area contributed by atoms with Gasteiger partial charge in [0.25, 0.3) is 0 Å². The normalized spacial score (nSPS) is 18.8. The summed E-state index contributed by atoms with van der Waals surface area (Å²) >= 11 is 0. The smallest absolute Gasteiger partial charge is 0.243 e. The summed E-state index contributed by atoms with van der Waals surface area (Å²) in [5.74, 6) is 0.108. The molecule has 0 atom stereocenters. The molecular formula is C21H31N3O5S. The zero-order chi connectivity index (χ0) is 21.4. The molecule has 0 bridgehead atoms. The van der Waals surface area contributed by atoms with Crippen LogP contribution in [0, 0.1) is 0 Å². The van der Waals surface area contributed by atoms with Crippen LogP contribution < -0.4 is 5.32 Å². The lowest BCUT2D eigenvalue weighted by Gasteiger charge is -2.26. The van der Waals surface area contributed by atoms with E-state index in [4.69, 9.17) is 4.74 Å². The van der Waals surface area contributed by atoms with Crippen molar-refractivity contribution in [1.29, 1.82) is 0 Å². The molecule has 0 aromatic heterocycles. The number of ether oxygens (including phenoxy) is 1. The minimum absolute atomic E-state index is 0.0673. The van der Waals surface area contributed by atoms with E-state index in [1.54, 1.807) is 24.3 Å². The Bertz CT molecular complexity index is 820. The highest BCUT2D eigenvalue weighted by Crippen LogP contribution is 2.18. The number of aryl methyl sites for hydroxylation is 1. The maximum Gasteiger partial charge on any atom is 0.243 e. The topological polar surface area (TPSA) is 96.0 Å². The number of carbonyl (C=O) groups excluding carboxylic acids is 2. The van der Waals surface area contributed by atoms with Crippen LogP contribution in [-0.4, -0.2) is 75.4 Å². The van der Waals surface area contributed by atoms with E-state index >= 15 is 0 Å². The van der Waals surface area contributed by atoms with Gasteiger partial charge in [-0.15, -0.1) is 0 Å². The molecule has 2 heterocycles. The van der Waals surface area contributed by atoms with Crippen molar-refractivity contribution in [3.05, 3.63) is 29.8 Å². The predicted molar refractivity (Wildman–Crippen MR) is 112 cm³/mol. The first-order valence-electron chi connectivity index (χ1n) is 10.7. The van der Waals surface area contributed by atoms with Crippen molar-refractivity contribution < 1.29 is 22.7 Å². The van der Waals surface area contributed by atoms with Gasteiger partial charge in [-0.2, -0.15) is 4.31 Å². The van der Waals surface area contributed by atoms with E-state index < -0.39 is 10.0 Å². The molecule has 2 aliphatic rings. The number of rotatable bonds is 8. The monoisotopic (exact) mass is 437 g/mol. The summed E-state index contributed by atoms with van der Waals surface area (Å²) in [4.78, 5) is 26.2. The molecule has 2 aliphatic heterocycles. The van der Waals surface area contributed by atoms with Crippen molar-refractivity contribution in [1.82, 2.24) is 14.5 Å². The van der Waals surface area contributed by atoms with E-state index in [0.717, 1.165) is 31.4 Å². The second kappa shape index (κ2) is 10.9. The van der Waals surface area contributed by atoms with Crippen LogP contribution in [0.3, 0.4) is 0 Å². The van der Waals surface area contributed by atoms with Gasteiger partial charge in [0.05, 0.1) is 18.1 Å². The van der Waals surface area contributed by atoms with Crippen molar-refractivity contribution >= 4 is 21.8 Å². The standard InChI is InChI=1S/C21H31N3O5S/c25-20(22-11-13-23-12-3-1-2-4-21(23)26)10-7-18-5-8-19(9-6-18)30(27,28)24-14-16-29-17-15-24/h5-6,8-9H,1-4,7,10-17H2,(H,22,25). The number of hydrogen-bond donors (Lipinski definition) is 1. The summed E-state index contributed by atoms with van der Waals surface area (Å²) in [6.07, 6.45) is 4.52. The van der Waals surface area contributed by atoms with Gasteiger partial charge in [0.2, 0.25) is 21.8 Å². The number of carbonyl (C=O) groups is 2. The summed E-state index contributed by atoms with van der Waals surface area (Å²) in [7, 11) is -3.50. The van der Waals surface area contributed by atoms with E-state index in [1.807, 2.05) is 4.90 Å². The minimum Gasteiger partial charge on any atom is -0.379 e. The number of sulfonamides is 1. The zero-order valence-electron chi connectivity index (χ0n) is 17.3. The van der Waals surface area contributed by atoms with E-state index in [2.05, 4.69) is 5.32 Å². The van der Waals surface area contributed by atoms with Crippen molar-refractivity contribution in [3.8, 4) is 0 Å². The van der Waals surface area contributed by atoms with Crippen LogP contribution in [0.15, 0.2) is 29.2 Å². The van der Waals surface area contributed by atoms with Crippen LogP contribution in [0.5, 0.6) is 0 Å². The van der Waals surface area contributed by atoms with Gasteiger partial charge in [-0.25, -0.2) is 8.42 Å². The third-order valence-corrected chi connectivity index (χ3v) is 7.46. The second-order valence-electron chi connectivity index (χ2n) is 7.70. The van der Waals surface area contributed by atoms with E-state index in [0.29, 0.717) is 58.7 Å². The Morgan fingerprint density at radius 1 is 1.03 bits per heavy atom. The molecule has 1 aromatic carbocycles. The average Bonchev–Trinajstić information content (AvgIpc) is 2.97. The molecule has 3 rings (SSSR count). The van der Waals surface area contributed by atoms with Crippen LogP contribution in [0.1, 0.15) is 37.7 Å². The maximum absolute atomic E-state index is 12.6. The fraction of sp³-hybridized carbons (Fsp3) is 0.619. The molecule has 166 valence electrons. The Morgan fingerprint density at radius 2 is 1.77 bits per heavy atom. The van der Waals surface area contributed by atoms with Crippen LogP contribution in [-0.2, 0) is 30.8 Å². The van der Waals surface area contributed by atoms with Crippen LogP contribution >= 0.6 is 0 Å². The summed E-state index contributed by atoms with van der Waals surface area (Å²) in [6.45, 7) is 3.35. The van der Waals surface area contributed by atoms with Crippen LogP contribution in [0.2, 0.25) is 0 Å². The third kappa shape index (κ3) is 6.26. The largest absolute Gasteiger partial charge is 0.379 e. The Labute approximate surface area is 178 Å². The molecule has 2 amide bonds. The second-order valence-corrected chi connectivity index (χ2v) is 9.64. The van der Waals surface area contributed by atoms with Crippen molar-refractivity contribution in [2.45, 2.75) is 43.4 Å². The lowest BCUT2D eigenvalue weighted by Crippen LogP contribution is -2.40. The van der Waals surface area contributed by atoms with E-state index in [1.165, 1.54) is 4.31 Å². The number of morpholine rings is 1. The number of nitrogens with one attached hydrogen (secondary N) is 1. The van der Waals surface area contributed by atoms with Crippen LogP contribution in [0.4, 0.5) is 0 Å². The van der Waals surface area contributed by atoms with Crippen molar-refractivity contribution in [3.63, 3.8) is 0 Å². The molecule has 9 heteroatoms. The first-order valence-corrected chi connectivity index (χ1v) is 12.1. The summed E-state index contributed by atoms with van der Waals surface area (Å²) in [6, 6.07) is 6.72. The lowest BCUT2D eigenvalue weighted by molar-refractivity contribution is -0.131. The van der Waals surface area contributed by atoms with Gasteiger partial charge in [0.15, 0.2) is 0 Å². The van der Waals surface area contributed by atoms with Gasteiger partial charge in [-0.1, -0.05) is 18.6 Å². The first-order chi connectivity index (χ1) is 14.5. The SMILES string of the molecule is O=C(CCc1ccc(S(=O)(=O)N2CCOCC2)cc1)NCCN1CCCCCC1=O. The molecule has 2 saturated heterocycles. The average molecular weight is 438 g/mol. The van der Waals surface area contributed by atoms with E-state index in [-0.39, 0.29) is 16.7 Å². The molecule has 0 radical (unpaired) electrons. The Hall–Kier alpha value is -1.97. The van der Waals surface area contributed by atoms with Crippen molar-refractivity contribution in [2.75, 3.05) is 45.9 Å². The molecule has 2 fully saturated rings. The lowest BCUT2D eigenvalue weighted by atomic mass is 10.1. The van der Waals surface area contributed by atoms with Gasteiger partial charge in [0, 0.05) is 45.6 Å². The van der Waals surface area contributed by atoms with Gasteiger partial charge in [0.1, 0.15) is 0 Å². The highest BCUT2D eigenvalue weighted by molar-refractivity contribution is 7.89. The molecule has 0 saturated carbocycles. The molecular weight excluding hydrogens is 406 g/mol. The number of hydrogen-bond acceptors (Lipinski definition) is 5. The molecule has 0 aliphatic carbocycles. The maximum atomic E-state index is 12.6. The van der Waals surface area contributed by atoms with E-state index in [9.17, 15) is 18.0 Å². The third-order valence-electron chi connectivity index (χ3n) is 5.55. The Balaban J connectivity index is 1.42. The molecule has 1 aromatic rings. The number of amides is 2. The fourth-order valence-electron chi connectivity index (χ4n) is 3.72. The fourth-order valence-corrected chi connectivity index (χ4v) is 5.12. The van der Waals surface area contributed by atoms with Gasteiger partial charge >= 0.3 is 0 Å². The molecule has 1 N–H and O–H groups in total. The quantitative estimate of drug-likeness (QED) is 0.658. The van der Waals surface area contributed by atoms with Gasteiger partial charge in [-0.3, -0.25) is 9.59 Å². The minimum atomic E-state index is -3.50. The number of nitrogens with zero attached hydrogens (tertiary/aromatic N) is 2. The van der Waals surface area contributed by atoms with Crippen molar-refractivity contribution in [2.24, 2.45) is 0 Å². The van der Waals surface area contributed by atoms with Crippen LogP contribution in [0.25, 0.3) is 0 Å². The molecule has 8 nitrogen and oxygen atoms in total. The zero-order valence-corrected chi connectivity index (χ0v) is 18.2. The highest BCUT2D eigenvalue weighted by Gasteiger charge is 2.26. The molecule has 0 spiro atoms. The molecule has 0 unspecified atom stereocenters. The van der Waals surface area contributed by atoms with Gasteiger partial charge in [-0.05, 0) is 37.0 Å². The number of benzene rings is 1. The first kappa shape index (κ1) is 22.7. The summed E-state index contributed by atoms with van der Waals surface area (Å²) in [5.41, 5.74) is 0.911. The Morgan fingerprint density at radius 3 is 2.50 bits per heavy atom. The Kier molecular flexibility index (Phi) is 8.24. The highest BCUT2D eigenvalue weighted by atomic mass is 32.2. The molecule has 30 heavy (non-hydrogen) atoms. The summed E-state index contributed by atoms with van der Waals surface area (Å²) in [5, 5.41) is 2.87. The number of likely N-dealkylation sites (tertiary alicyclic amines) is 1.